The molecule has 1 N–H and O–H groups in total. The summed E-state index contributed by atoms with van der Waals surface area (Å²) in [7, 11) is -3.95. The molecule has 0 spiro atoms. The van der Waals surface area contributed by atoms with Crippen molar-refractivity contribution in [1.29, 1.82) is 0 Å². The number of halogens is 3. The molecule has 1 saturated heterocycles. The van der Waals surface area contributed by atoms with Crippen LogP contribution in [0.4, 0.5) is 13.2 Å². The van der Waals surface area contributed by atoms with Crippen molar-refractivity contribution < 1.29 is 46.3 Å². The van der Waals surface area contributed by atoms with Gasteiger partial charge in [-0.1, -0.05) is 12.1 Å². The summed E-state index contributed by atoms with van der Waals surface area (Å²) in [6.45, 7) is 0.223. The molecule has 0 saturated carbocycles. The Labute approximate surface area is 215 Å². The van der Waals surface area contributed by atoms with Gasteiger partial charge in [-0.3, -0.25) is 33.2 Å². The highest BCUT2D eigenvalue weighted by molar-refractivity contribution is 7.51. The van der Waals surface area contributed by atoms with Crippen LogP contribution in [0.15, 0.2) is 42.5 Å². The minimum Gasteiger partial charge on any atom is -0.324 e. The molecule has 3 amide bonds. The molecule has 0 bridgehead atoms. The molecule has 2 aromatic rings. The van der Waals surface area contributed by atoms with Gasteiger partial charge in [0.1, 0.15) is 18.6 Å². The molecule has 0 aliphatic carbocycles. The van der Waals surface area contributed by atoms with E-state index in [2.05, 4.69) is 0 Å². The number of Topliss-reactive ketones (excluding diaryl/α,β-unsaturated/α-hetero) is 1. The molecular formula is C25H24F3N2O7P. The first kappa shape index (κ1) is 27.7. The Bertz CT molecular complexity index is 1340. The number of piperidine rings is 1. The fourth-order valence-corrected chi connectivity index (χ4v) is 4.78. The van der Waals surface area contributed by atoms with Crippen molar-refractivity contribution in [3.8, 4) is 0 Å². The van der Waals surface area contributed by atoms with Gasteiger partial charge in [-0.15, -0.1) is 0 Å². The number of aryl methyl sites for hydroxylation is 1. The number of nitrogens with zero attached hydrogens (tertiary/aromatic N) is 2. The maximum Gasteiger partial charge on any atom is 0.330 e. The van der Waals surface area contributed by atoms with Crippen LogP contribution in [0.5, 0.6) is 0 Å². The van der Waals surface area contributed by atoms with Gasteiger partial charge in [-0.05, 0) is 54.3 Å². The largest absolute Gasteiger partial charge is 0.330 e. The Morgan fingerprint density at radius 1 is 1.16 bits per heavy atom. The predicted molar refractivity (Wildman–Crippen MR) is 127 cm³/mol. The van der Waals surface area contributed by atoms with Gasteiger partial charge in [0.05, 0.1) is 0 Å². The van der Waals surface area contributed by atoms with Gasteiger partial charge < -0.3 is 9.79 Å². The van der Waals surface area contributed by atoms with Crippen LogP contribution in [0.2, 0.25) is 0 Å². The molecule has 202 valence electrons. The molecule has 1 fully saturated rings. The lowest BCUT2D eigenvalue weighted by Gasteiger charge is -2.35. The summed E-state index contributed by atoms with van der Waals surface area (Å²) >= 11 is 0. The van der Waals surface area contributed by atoms with Gasteiger partial charge in [0.2, 0.25) is 11.7 Å². The number of hydrogen-bond donors (Lipinski definition) is 1. The van der Waals surface area contributed by atoms with Crippen molar-refractivity contribution in [2.75, 3.05) is 13.4 Å². The molecule has 0 radical (unpaired) electrons. The summed E-state index contributed by atoms with van der Waals surface area (Å²) in [6, 6.07) is 7.08. The number of rotatable bonds is 9. The lowest BCUT2D eigenvalue weighted by Crippen LogP contribution is -2.55. The SMILES string of the molecule is CP(=O)(O)OCN1C(=O)CCC(N2Cc3cc(CCC(=O)C(F)(F)c4ccc(F)cc4)ccc3C2=O)C1=O. The highest BCUT2D eigenvalue weighted by Gasteiger charge is 2.43. The smallest absolute Gasteiger partial charge is 0.324 e. The second kappa shape index (κ2) is 10.4. The van der Waals surface area contributed by atoms with Gasteiger partial charge in [0, 0.05) is 37.2 Å². The minimum absolute atomic E-state index is 0.0211. The highest BCUT2D eigenvalue weighted by Crippen LogP contribution is 2.37. The number of amides is 3. The Morgan fingerprint density at radius 3 is 2.50 bits per heavy atom. The number of imide groups is 1. The van der Waals surface area contributed by atoms with Crippen LogP contribution < -0.4 is 0 Å². The van der Waals surface area contributed by atoms with Crippen molar-refractivity contribution in [2.24, 2.45) is 0 Å². The summed E-state index contributed by atoms with van der Waals surface area (Å²) in [5.41, 5.74) is 0.766. The summed E-state index contributed by atoms with van der Waals surface area (Å²) in [5, 5.41) is 0. The van der Waals surface area contributed by atoms with Gasteiger partial charge in [0.25, 0.3) is 11.8 Å². The molecule has 2 unspecified atom stereocenters. The second-order valence-corrected chi connectivity index (χ2v) is 11.1. The van der Waals surface area contributed by atoms with E-state index in [1.807, 2.05) is 0 Å². The van der Waals surface area contributed by atoms with E-state index in [1.165, 1.54) is 17.0 Å². The van der Waals surface area contributed by atoms with Crippen LogP contribution >= 0.6 is 7.60 Å². The Balaban J connectivity index is 1.43. The van der Waals surface area contributed by atoms with E-state index >= 15 is 0 Å². The highest BCUT2D eigenvalue weighted by atomic mass is 31.2. The molecule has 38 heavy (non-hydrogen) atoms. The predicted octanol–water partition coefficient (Wildman–Crippen LogP) is 3.38. The topological polar surface area (TPSA) is 121 Å². The van der Waals surface area contributed by atoms with Gasteiger partial charge in [-0.2, -0.15) is 8.78 Å². The minimum atomic E-state index is -3.95. The molecular weight excluding hydrogens is 528 g/mol. The van der Waals surface area contributed by atoms with Crippen molar-refractivity contribution in [2.45, 2.75) is 44.2 Å². The van der Waals surface area contributed by atoms with Crippen molar-refractivity contribution >= 4 is 31.1 Å². The number of alkyl halides is 2. The van der Waals surface area contributed by atoms with Gasteiger partial charge in [-0.25, -0.2) is 4.39 Å². The fourth-order valence-electron chi connectivity index (χ4n) is 4.45. The number of carbonyl (C=O) groups is 4. The lowest BCUT2D eigenvalue weighted by molar-refractivity contribution is -0.155. The zero-order valence-corrected chi connectivity index (χ0v) is 21.1. The first-order chi connectivity index (χ1) is 17.8. The van der Waals surface area contributed by atoms with E-state index in [4.69, 9.17) is 4.52 Å². The quantitative estimate of drug-likeness (QED) is 0.374. The average molecular weight is 552 g/mol. The molecule has 9 nitrogen and oxygen atoms in total. The monoisotopic (exact) mass is 552 g/mol. The maximum absolute atomic E-state index is 14.5. The third-order valence-electron chi connectivity index (χ3n) is 6.49. The third kappa shape index (κ3) is 5.72. The van der Waals surface area contributed by atoms with Crippen LogP contribution in [0, 0.1) is 5.82 Å². The summed E-state index contributed by atoms with van der Waals surface area (Å²) < 4.78 is 58.2. The van der Waals surface area contributed by atoms with Crippen LogP contribution in [0.25, 0.3) is 0 Å². The molecule has 0 aromatic heterocycles. The van der Waals surface area contributed by atoms with E-state index in [0.717, 1.165) is 30.9 Å². The molecule has 13 heteroatoms. The molecule has 2 aromatic carbocycles. The standard InChI is InChI=1S/C25H24F3N2O7P/c1-38(35,36)37-14-30-22(32)11-9-20(24(30)34)29-13-16-12-15(2-8-19(16)23(29)33)3-10-21(31)25(27,28)17-4-6-18(26)7-5-17/h2,4-8,12,20H,3,9-11,13-14H2,1H3,(H,35,36). The first-order valence-electron chi connectivity index (χ1n) is 11.7. The number of likely N-dealkylation sites (tertiary alicyclic amines) is 1. The normalized spacial score (nSPS) is 19.5. The van der Waals surface area contributed by atoms with Crippen molar-refractivity contribution in [3.63, 3.8) is 0 Å². The van der Waals surface area contributed by atoms with Crippen molar-refractivity contribution in [3.05, 3.63) is 70.5 Å². The first-order valence-corrected chi connectivity index (χ1v) is 13.7. The van der Waals surface area contributed by atoms with Gasteiger partial charge in [0.15, 0.2) is 0 Å². The number of carbonyl (C=O) groups excluding carboxylic acids is 4. The van der Waals surface area contributed by atoms with E-state index in [0.29, 0.717) is 21.6 Å². The number of benzene rings is 2. The van der Waals surface area contributed by atoms with E-state index in [1.54, 1.807) is 6.07 Å². The van der Waals surface area contributed by atoms with Crippen molar-refractivity contribution in [1.82, 2.24) is 9.80 Å². The van der Waals surface area contributed by atoms with Gasteiger partial charge >= 0.3 is 13.5 Å². The number of ketones is 1. The molecule has 2 heterocycles. The second-order valence-electron chi connectivity index (χ2n) is 9.20. The fraction of sp³-hybridized carbons (Fsp3) is 0.360. The maximum atomic E-state index is 14.5. The van der Waals surface area contributed by atoms with E-state index < -0.39 is 67.6 Å². The van der Waals surface area contributed by atoms with Crippen LogP contribution in [0.3, 0.4) is 0 Å². The number of hydrogen-bond acceptors (Lipinski definition) is 6. The summed E-state index contributed by atoms with van der Waals surface area (Å²) in [6.07, 6.45) is -0.534. The zero-order valence-electron chi connectivity index (χ0n) is 20.2. The molecule has 2 atom stereocenters. The zero-order chi connectivity index (χ0) is 27.8. The van der Waals surface area contributed by atoms with Crippen LogP contribution in [-0.4, -0.2) is 57.6 Å². The Kier molecular flexibility index (Phi) is 7.60. The van der Waals surface area contributed by atoms with Crippen LogP contribution in [-0.2, 0) is 42.4 Å². The Hall–Kier alpha value is -3.34. The molecule has 4 rings (SSSR count). The lowest BCUT2D eigenvalue weighted by atomic mass is 9.97. The third-order valence-corrected chi connectivity index (χ3v) is 7.08. The average Bonchev–Trinajstić information content (AvgIpc) is 3.17. The Morgan fingerprint density at radius 2 is 1.84 bits per heavy atom. The summed E-state index contributed by atoms with van der Waals surface area (Å²) in [5.74, 6) is -7.59. The molecule has 2 aliphatic rings. The number of fused-ring (bicyclic) bond motifs is 1. The summed E-state index contributed by atoms with van der Waals surface area (Å²) in [4.78, 5) is 61.7. The van der Waals surface area contributed by atoms with Crippen LogP contribution in [0.1, 0.15) is 46.3 Å². The van der Waals surface area contributed by atoms with E-state index in [9.17, 15) is 41.8 Å². The van der Waals surface area contributed by atoms with E-state index in [-0.39, 0.29) is 25.8 Å². The molecule has 2 aliphatic heterocycles.